The molecule has 23 heavy (non-hydrogen) atoms. The number of rotatable bonds is 2. The number of carbonyl (C=O) groups excluding carboxylic acids is 1. The van der Waals surface area contributed by atoms with E-state index in [1.54, 1.807) is 6.20 Å². The number of nitrogens with one attached hydrogen (secondary N) is 1. The van der Waals surface area contributed by atoms with Crippen LogP contribution in [0.25, 0.3) is 10.9 Å². The minimum atomic E-state index is -0.118. The smallest absolute Gasteiger partial charge is 0.256 e. The summed E-state index contributed by atoms with van der Waals surface area (Å²) in [6, 6.07) is 17.3. The highest BCUT2D eigenvalue weighted by molar-refractivity contribution is 6.12. The van der Waals surface area contributed by atoms with Crippen LogP contribution in [-0.4, -0.2) is 10.9 Å². The lowest BCUT2D eigenvalue weighted by Crippen LogP contribution is -2.14. The van der Waals surface area contributed by atoms with Gasteiger partial charge in [0.05, 0.1) is 5.52 Å². The average Bonchev–Trinajstić information content (AvgIpc) is 2.54. The summed E-state index contributed by atoms with van der Waals surface area (Å²) in [5.74, 6) is -0.118. The lowest BCUT2D eigenvalue weighted by molar-refractivity contribution is 0.102. The van der Waals surface area contributed by atoms with Gasteiger partial charge in [0.1, 0.15) is 0 Å². The molecule has 0 unspecified atom stereocenters. The number of fused-ring (bicyclic) bond motifs is 1. The Bertz CT molecular complexity index is 840. The zero-order chi connectivity index (χ0) is 16.4. The Kier molecular flexibility index (Phi) is 3.87. The number of anilines is 1. The summed E-state index contributed by atoms with van der Waals surface area (Å²) in [6.07, 6.45) is 1.73. The Labute approximate surface area is 136 Å². The Morgan fingerprint density at radius 2 is 1.70 bits per heavy atom. The van der Waals surface area contributed by atoms with Gasteiger partial charge in [-0.1, -0.05) is 45.0 Å². The first kappa shape index (κ1) is 15.2. The van der Waals surface area contributed by atoms with Gasteiger partial charge in [0.15, 0.2) is 0 Å². The number of carbonyl (C=O) groups is 1. The molecule has 1 heterocycles. The topological polar surface area (TPSA) is 42.0 Å². The number of nitrogens with zero attached hydrogens (tertiary/aromatic N) is 1. The predicted octanol–water partition coefficient (Wildman–Crippen LogP) is 4.78. The largest absolute Gasteiger partial charge is 0.322 e. The lowest BCUT2D eigenvalue weighted by Gasteiger charge is -2.19. The van der Waals surface area contributed by atoms with Gasteiger partial charge >= 0.3 is 0 Å². The van der Waals surface area contributed by atoms with Crippen LogP contribution in [0.5, 0.6) is 0 Å². The summed E-state index contributed by atoms with van der Waals surface area (Å²) in [5.41, 5.74) is 3.59. The molecular weight excluding hydrogens is 284 g/mol. The van der Waals surface area contributed by atoms with Crippen molar-refractivity contribution in [2.45, 2.75) is 26.2 Å². The van der Waals surface area contributed by atoms with Crippen molar-refractivity contribution in [2.75, 3.05) is 5.32 Å². The highest BCUT2D eigenvalue weighted by atomic mass is 16.1. The van der Waals surface area contributed by atoms with E-state index in [0.717, 1.165) is 16.6 Å². The van der Waals surface area contributed by atoms with Gasteiger partial charge in [0.2, 0.25) is 0 Å². The molecule has 3 nitrogen and oxygen atoms in total. The highest BCUT2D eigenvalue weighted by Crippen LogP contribution is 2.24. The summed E-state index contributed by atoms with van der Waals surface area (Å²) in [6.45, 7) is 6.51. The molecule has 2 aromatic carbocycles. The van der Waals surface area contributed by atoms with Crippen LogP contribution in [0.4, 0.5) is 5.69 Å². The minimum Gasteiger partial charge on any atom is -0.322 e. The quantitative estimate of drug-likeness (QED) is 0.740. The van der Waals surface area contributed by atoms with Gasteiger partial charge in [-0.2, -0.15) is 0 Å². The van der Waals surface area contributed by atoms with Crippen molar-refractivity contribution in [2.24, 2.45) is 0 Å². The number of pyridine rings is 1. The number of aromatic nitrogens is 1. The second-order valence-corrected chi connectivity index (χ2v) is 6.66. The van der Waals surface area contributed by atoms with Crippen LogP contribution in [-0.2, 0) is 5.41 Å². The first-order valence-corrected chi connectivity index (χ1v) is 7.71. The maximum Gasteiger partial charge on any atom is 0.256 e. The van der Waals surface area contributed by atoms with Crippen molar-refractivity contribution in [3.8, 4) is 0 Å². The second-order valence-electron chi connectivity index (χ2n) is 6.66. The van der Waals surface area contributed by atoms with Gasteiger partial charge in [-0.15, -0.1) is 0 Å². The molecular formula is C20H20N2O. The fourth-order valence-electron chi connectivity index (χ4n) is 2.55. The van der Waals surface area contributed by atoms with Crippen molar-refractivity contribution < 1.29 is 4.79 Å². The van der Waals surface area contributed by atoms with E-state index in [4.69, 9.17) is 0 Å². The van der Waals surface area contributed by atoms with Gasteiger partial charge in [0, 0.05) is 22.8 Å². The zero-order valence-corrected chi connectivity index (χ0v) is 13.6. The Balaban J connectivity index is 1.86. The molecule has 3 aromatic rings. The molecule has 0 aliphatic carbocycles. The molecule has 0 aliphatic heterocycles. The third-order valence-electron chi connectivity index (χ3n) is 3.90. The van der Waals surface area contributed by atoms with Crippen molar-refractivity contribution in [3.05, 3.63) is 71.9 Å². The van der Waals surface area contributed by atoms with Crippen LogP contribution in [0.1, 0.15) is 36.7 Å². The number of hydrogen-bond donors (Lipinski definition) is 1. The zero-order valence-electron chi connectivity index (χ0n) is 13.6. The summed E-state index contributed by atoms with van der Waals surface area (Å²) >= 11 is 0. The van der Waals surface area contributed by atoms with Gasteiger partial charge in [-0.25, -0.2) is 0 Å². The van der Waals surface area contributed by atoms with Crippen LogP contribution in [0.2, 0.25) is 0 Å². The van der Waals surface area contributed by atoms with Crippen molar-refractivity contribution in [3.63, 3.8) is 0 Å². The van der Waals surface area contributed by atoms with Crippen molar-refractivity contribution in [1.29, 1.82) is 0 Å². The number of hydrogen-bond acceptors (Lipinski definition) is 2. The predicted molar refractivity (Wildman–Crippen MR) is 94.8 cm³/mol. The van der Waals surface area contributed by atoms with Gasteiger partial charge in [-0.3, -0.25) is 9.78 Å². The average molecular weight is 304 g/mol. The van der Waals surface area contributed by atoms with Crippen molar-refractivity contribution >= 4 is 22.5 Å². The molecule has 116 valence electrons. The summed E-state index contributed by atoms with van der Waals surface area (Å²) in [4.78, 5) is 16.9. The van der Waals surface area contributed by atoms with Crippen LogP contribution < -0.4 is 5.32 Å². The molecule has 0 saturated carbocycles. The van der Waals surface area contributed by atoms with Crippen LogP contribution >= 0.6 is 0 Å². The molecule has 0 fully saturated rings. The van der Waals surface area contributed by atoms with E-state index in [-0.39, 0.29) is 11.3 Å². The fraction of sp³-hybridized carbons (Fsp3) is 0.200. The van der Waals surface area contributed by atoms with E-state index < -0.39 is 0 Å². The first-order valence-electron chi connectivity index (χ1n) is 7.71. The first-order chi connectivity index (χ1) is 10.9. The van der Waals surface area contributed by atoms with Gasteiger partial charge in [0.25, 0.3) is 5.91 Å². The third kappa shape index (κ3) is 3.24. The third-order valence-corrected chi connectivity index (χ3v) is 3.90. The van der Waals surface area contributed by atoms with Crippen LogP contribution in [0.15, 0.2) is 60.8 Å². The van der Waals surface area contributed by atoms with Gasteiger partial charge in [-0.05, 0) is 41.3 Å². The molecule has 3 rings (SSSR count). The maximum absolute atomic E-state index is 12.6. The van der Waals surface area contributed by atoms with E-state index in [2.05, 4.69) is 43.2 Å². The fourth-order valence-corrected chi connectivity index (χ4v) is 2.55. The Morgan fingerprint density at radius 3 is 2.39 bits per heavy atom. The van der Waals surface area contributed by atoms with E-state index in [1.165, 1.54) is 5.56 Å². The molecule has 0 spiro atoms. The molecule has 1 aromatic heterocycles. The second kappa shape index (κ2) is 5.84. The Morgan fingerprint density at radius 1 is 0.957 bits per heavy atom. The van der Waals surface area contributed by atoms with Gasteiger partial charge < -0.3 is 5.32 Å². The Hall–Kier alpha value is -2.68. The summed E-state index contributed by atoms with van der Waals surface area (Å²) < 4.78 is 0. The van der Waals surface area contributed by atoms with E-state index >= 15 is 0 Å². The summed E-state index contributed by atoms with van der Waals surface area (Å²) in [7, 11) is 0. The molecule has 0 atom stereocenters. The summed E-state index contributed by atoms with van der Waals surface area (Å²) in [5, 5.41) is 3.82. The van der Waals surface area contributed by atoms with Crippen LogP contribution in [0, 0.1) is 0 Å². The maximum atomic E-state index is 12.6. The van der Waals surface area contributed by atoms with E-state index in [1.807, 2.05) is 42.5 Å². The minimum absolute atomic E-state index is 0.101. The molecule has 0 bridgehead atoms. The number of amides is 1. The molecule has 0 radical (unpaired) electrons. The molecule has 3 heteroatoms. The van der Waals surface area contributed by atoms with E-state index in [9.17, 15) is 4.79 Å². The standard InChI is InChI=1S/C20H20N2O/c1-20(2,3)14-9-11-15(12-10-14)22-19(23)17-6-4-8-18-16(17)7-5-13-21-18/h4-13H,1-3H3,(H,22,23). The SMILES string of the molecule is CC(C)(C)c1ccc(NC(=O)c2cccc3ncccc23)cc1. The number of benzene rings is 2. The van der Waals surface area contributed by atoms with Crippen LogP contribution in [0.3, 0.4) is 0 Å². The highest BCUT2D eigenvalue weighted by Gasteiger charge is 2.14. The lowest BCUT2D eigenvalue weighted by atomic mass is 9.87. The molecule has 0 saturated heterocycles. The molecule has 1 amide bonds. The molecule has 0 aliphatic rings. The van der Waals surface area contributed by atoms with Crippen molar-refractivity contribution in [1.82, 2.24) is 4.98 Å². The normalized spacial score (nSPS) is 11.4. The monoisotopic (exact) mass is 304 g/mol. The molecule has 1 N–H and O–H groups in total. The van der Waals surface area contributed by atoms with E-state index in [0.29, 0.717) is 5.56 Å².